The number of fused-ring (bicyclic) bond motifs is 2. The van der Waals surface area contributed by atoms with Gasteiger partial charge in [0.15, 0.2) is 67.3 Å². The number of benzene rings is 7. The largest absolute Gasteiger partial charge is 0.482 e. The van der Waals surface area contributed by atoms with Gasteiger partial charge < -0.3 is 47.4 Å². The molecule has 9 aromatic rings. The van der Waals surface area contributed by atoms with E-state index in [4.69, 9.17) is 47.4 Å². The molecule has 2 unspecified atom stereocenters. The van der Waals surface area contributed by atoms with Crippen molar-refractivity contribution >= 4 is 91.7 Å². The van der Waals surface area contributed by atoms with Gasteiger partial charge >= 0.3 is 17.9 Å². The summed E-state index contributed by atoms with van der Waals surface area (Å²) in [4.78, 5) is 44.1. The Kier molecular flexibility index (Phi) is 30.7. The van der Waals surface area contributed by atoms with Gasteiger partial charge in [-0.3, -0.25) is 0 Å². The molecule has 2 atom stereocenters. The van der Waals surface area contributed by atoms with Crippen LogP contribution in [0.2, 0.25) is 0 Å². The summed E-state index contributed by atoms with van der Waals surface area (Å²) in [5.74, 6) is 21.9. The van der Waals surface area contributed by atoms with Crippen LogP contribution in [0.1, 0.15) is 242 Å². The second kappa shape index (κ2) is 43.1. The van der Waals surface area contributed by atoms with E-state index in [1.165, 1.54) is 227 Å². The number of esters is 3. The highest BCUT2D eigenvalue weighted by Crippen LogP contribution is 2.61. The third-order valence-electron chi connectivity index (χ3n) is 33.2. The Morgan fingerprint density at radius 3 is 1.11 bits per heavy atom. The Morgan fingerprint density at radius 2 is 0.684 bits per heavy atom. The molecular formula is C115H147O13S5+5. The smallest absolute Gasteiger partial charge is 0.344 e. The van der Waals surface area contributed by atoms with Crippen molar-refractivity contribution in [2.45, 2.75) is 291 Å². The van der Waals surface area contributed by atoms with Crippen LogP contribution in [0.25, 0.3) is 30.0 Å². The van der Waals surface area contributed by atoms with Crippen molar-refractivity contribution in [3.05, 3.63) is 191 Å². The maximum atomic E-state index is 12.8. The molecule has 7 aromatic carbocycles. The van der Waals surface area contributed by atoms with E-state index in [1.54, 1.807) is 4.90 Å². The predicted octanol–water partition coefficient (Wildman–Crippen LogP) is 27.5. The molecule has 13 nitrogen and oxygen atoms in total. The summed E-state index contributed by atoms with van der Waals surface area (Å²) in [5.41, 5.74) is 4.02. The minimum Gasteiger partial charge on any atom is -0.482 e. The molecule has 26 rings (SSSR count). The van der Waals surface area contributed by atoms with Gasteiger partial charge in [0.25, 0.3) is 0 Å². The van der Waals surface area contributed by atoms with E-state index in [2.05, 4.69) is 186 Å². The van der Waals surface area contributed by atoms with E-state index in [0.717, 1.165) is 145 Å². The Labute approximate surface area is 806 Å². The minimum atomic E-state index is -0.314. The zero-order valence-electron chi connectivity index (χ0n) is 80.3. The lowest BCUT2D eigenvalue weighted by molar-refractivity contribution is -0.204. The first-order valence-electron chi connectivity index (χ1n) is 51.3. The molecule has 2 aromatic heterocycles. The van der Waals surface area contributed by atoms with E-state index in [1.807, 2.05) is 31.2 Å². The van der Waals surface area contributed by atoms with Gasteiger partial charge in [-0.25, -0.2) is 14.4 Å². The second-order valence-corrected chi connectivity index (χ2v) is 53.1. The molecule has 133 heavy (non-hydrogen) atoms. The lowest BCUT2D eigenvalue weighted by Crippen LogP contribution is -2.58. The Balaban J connectivity index is 0.000000107. The number of thiophene rings is 2. The van der Waals surface area contributed by atoms with Crippen LogP contribution in [0, 0.1) is 98.7 Å². The van der Waals surface area contributed by atoms with Crippen LogP contribution in [-0.4, -0.2) is 115 Å². The lowest BCUT2D eigenvalue weighted by atomic mass is 9.50. The molecule has 3 saturated heterocycles. The van der Waals surface area contributed by atoms with E-state index < -0.39 is 0 Å². The highest BCUT2D eigenvalue weighted by molar-refractivity contribution is 7.97. The monoisotopic (exact) mass is 1900 g/mol. The van der Waals surface area contributed by atoms with Gasteiger partial charge in [-0.05, 0) is 424 Å². The van der Waals surface area contributed by atoms with E-state index >= 15 is 0 Å². The summed E-state index contributed by atoms with van der Waals surface area (Å²) in [6.07, 6.45) is 40.5. The van der Waals surface area contributed by atoms with Gasteiger partial charge in [0, 0.05) is 101 Å². The quantitative estimate of drug-likeness (QED) is 0.0220. The van der Waals surface area contributed by atoms with Crippen LogP contribution in [0.4, 0.5) is 0 Å². The van der Waals surface area contributed by atoms with E-state index in [9.17, 15) is 14.4 Å². The molecule has 0 spiro atoms. The van der Waals surface area contributed by atoms with Crippen molar-refractivity contribution in [1.29, 1.82) is 0 Å². The molecule has 17 aliphatic rings. The highest BCUT2D eigenvalue weighted by atomic mass is 32.2. The zero-order chi connectivity index (χ0) is 91.2. The molecule has 14 saturated carbocycles. The fourth-order valence-electron chi connectivity index (χ4n) is 27.0. The molecule has 14 aliphatic carbocycles. The summed E-state index contributed by atoms with van der Waals surface area (Å²) in [6, 6.07) is 55.6. The summed E-state index contributed by atoms with van der Waals surface area (Å²) in [6.45, 7) is 15.8. The van der Waals surface area contributed by atoms with Crippen LogP contribution in [0.5, 0.6) is 28.7 Å². The normalized spacial score (nSPS) is 28.4. The van der Waals surface area contributed by atoms with Crippen molar-refractivity contribution in [2.75, 3.05) is 67.9 Å². The molecule has 0 N–H and O–H groups in total. The molecule has 12 bridgehead atoms. The fraction of sp³-hybridized carbons (Fsp3) is 0.574. The van der Waals surface area contributed by atoms with Crippen molar-refractivity contribution in [1.82, 2.24) is 0 Å². The second-order valence-electron chi connectivity index (χ2n) is 42.5. The van der Waals surface area contributed by atoms with Crippen molar-refractivity contribution in [2.24, 2.45) is 71.0 Å². The third-order valence-corrected chi connectivity index (χ3v) is 44.7. The lowest BCUT2D eigenvalue weighted by Gasteiger charge is -2.59. The number of carbonyl (C=O) groups excluding carboxylic acids is 3. The molecule has 5 heterocycles. The van der Waals surface area contributed by atoms with Gasteiger partial charge in [0.05, 0.1) is 12.2 Å². The molecular weight excluding hydrogens is 1750 g/mol. The summed E-state index contributed by atoms with van der Waals surface area (Å²) < 4.78 is 62.3. The van der Waals surface area contributed by atoms with E-state index in [0.29, 0.717) is 81.8 Å². The molecule has 0 radical (unpaired) electrons. The summed E-state index contributed by atoms with van der Waals surface area (Å²) in [7, 11) is 1.34. The number of hydrogen-bond donors (Lipinski definition) is 0. The topological polar surface area (TPSA) is 144 Å². The first-order chi connectivity index (χ1) is 64.8. The SMILES string of the molecule is CC1(OC(=O)COc2ccc(-[s+]3ccc4ccccc43)cc2)CCCCC1.CCC1(OC(=O)COc2ccc(-[s+]3ccc4ccccc43)cc2)CCCC1.Cc1cc([S+]2CCCC2)cc(C)c1OCC(=O)OC1(C)C2CC3CC(C2)CC1C3.Cc1cc([S+]2CCCC2)cc(C)c1OCOC1C2CC3CC(C2)CC1C3.c1cc([S+]2CCCC2)ccc1OCOC1C2CC3CC(C2)CC1C3. The highest BCUT2D eigenvalue weighted by Gasteiger charge is 2.58. The van der Waals surface area contributed by atoms with Gasteiger partial charge in [0.2, 0.25) is 0 Å². The Morgan fingerprint density at radius 1 is 0.338 bits per heavy atom. The number of hydrogen-bond acceptors (Lipinski definition) is 13. The van der Waals surface area contributed by atoms with Gasteiger partial charge in [-0.15, -0.1) is 0 Å². The van der Waals surface area contributed by atoms with Crippen LogP contribution in [0.3, 0.4) is 0 Å². The van der Waals surface area contributed by atoms with Crippen LogP contribution >= 0.6 is 20.9 Å². The number of aryl methyl sites for hydroxylation is 4. The molecule has 0 amide bonds. The standard InChI is InChI=1S/C25H35O3S.2C23H25O3S.C23H33O2S.C21H29O2S/c1-16-8-22(29-6-4-5-7-29)9-17(2)24(16)27-15-23(26)28-25(3)20-11-18-10-19(13-20)14-21(25)12-18;1-23(14-5-2-6-15-23)26-22(24)17-25-19-9-11-20(12-10-19)27-16-13-18-7-3-4-8-21(18)27;1-2-23(14-5-6-15-23)26-22(24)17-25-19-9-11-20(12-10-19)27-16-13-18-7-3-4-8-21(18)27;1-15-7-21(26-5-3-4-6-26)8-16(2)22(15)24-14-25-23-19-10-17-9-18(12-19)13-20(23)11-17;1-2-8-24(7-1)20-5-3-19(4-6-20)22-14-23-21-17-10-15-9-16(12-17)13-18(21)11-15/h8-9,18-21H,4-7,10-15H2,1-3H3;2*3-4,7-13,16H,2,5-6,14-15,17H2,1H3;7-8,17-20,23H,3-6,9-14H2,1-2H3;3-6,15-18,21H,1-2,7-14H2/q5*+1. The first-order valence-corrected chi connectivity index (χ1v) is 58.6. The number of ether oxygens (including phenoxy) is 10. The van der Waals surface area contributed by atoms with Crippen molar-refractivity contribution in [3.8, 4) is 38.5 Å². The number of carbonyl (C=O) groups is 3. The summed E-state index contributed by atoms with van der Waals surface area (Å²) in [5, 5.41) is 7.09. The summed E-state index contributed by atoms with van der Waals surface area (Å²) >= 11 is 0. The Bertz CT molecular complexity index is 5260. The first kappa shape index (κ1) is 94.8. The van der Waals surface area contributed by atoms with Crippen molar-refractivity contribution in [3.63, 3.8) is 0 Å². The fourth-order valence-corrected chi connectivity index (χ4v) is 38.0. The third kappa shape index (κ3) is 22.7. The van der Waals surface area contributed by atoms with Crippen LogP contribution < -0.4 is 23.7 Å². The van der Waals surface area contributed by atoms with Crippen LogP contribution in [-0.2, 0) is 70.8 Å². The maximum Gasteiger partial charge on any atom is 0.344 e. The molecule has 17 fully saturated rings. The maximum absolute atomic E-state index is 12.8. The Hall–Kier alpha value is -7.16. The average molecular weight is 1900 g/mol. The molecule has 18 heteroatoms. The van der Waals surface area contributed by atoms with Crippen molar-refractivity contribution < 1.29 is 61.8 Å². The molecule has 710 valence electrons. The van der Waals surface area contributed by atoms with Gasteiger partial charge in [-0.2, -0.15) is 0 Å². The van der Waals surface area contributed by atoms with E-state index in [-0.39, 0.29) is 75.5 Å². The zero-order valence-corrected chi connectivity index (χ0v) is 84.4. The van der Waals surface area contributed by atoms with Crippen LogP contribution in [0.15, 0.2) is 183 Å². The van der Waals surface area contributed by atoms with Gasteiger partial charge in [0.1, 0.15) is 90.8 Å². The average Bonchev–Trinajstić information content (AvgIpc) is 1.38. The number of rotatable bonds is 26. The van der Waals surface area contributed by atoms with Gasteiger partial charge in [-0.1, -0.05) is 37.6 Å². The predicted molar refractivity (Wildman–Crippen MR) is 546 cm³/mol. The molecule has 3 aliphatic heterocycles. The minimum absolute atomic E-state index is 0.0224.